The Labute approximate surface area is 195 Å². The van der Waals surface area contributed by atoms with Crippen molar-refractivity contribution < 1.29 is 9.59 Å². The second-order valence-electron chi connectivity index (χ2n) is 9.77. The van der Waals surface area contributed by atoms with Crippen molar-refractivity contribution in [1.29, 1.82) is 0 Å². The van der Waals surface area contributed by atoms with Crippen molar-refractivity contribution in [3.05, 3.63) is 46.2 Å². The minimum absolute atomic E-state index is 0.135. The van der Waals surface area contributed by atoms with Gasteiger partial charge in [-0.3, -0.25) is 19.2 Å². The predicted molar refractivity (Wildman–Crippen MR) is 127 cm³/mol. The third-order valence-electron chi connectivity index (χ3n) is 6.86. The van der Waals surface area contributed by atoms with E-state index in [1.54, 1.807) is 21.7 Å². The van der Waals surface area contributed by atoms with E-state index in [9.17, 15) is 9.59 Å². The smallest absolute Gasteiger partial charge is 0.277 e. The van der Waals surface area contributed by atoms with Crippen molar-refractivity contribution in [3.8, 4) is 0 Å². The van der Waals surface area contributed by atoms with E-state index >= 15 is 0 Å². The highest BCUT2D eigenvalue weighted by atomic mass is 35.5. The molecule has 2 amide bonds. The average molecular weight is 457 g/mol. The minimum Gasteiger partial charge on any atom is -0.351 e. The topological polar surface area (TPSA) is 67.2 Å². The number of halogens is 1. The highest BCUT2D eigenvalue weighted by Gasteiger charge is 2.49. The van der Waals surface area contributed by atoms with E-state index in [0.29, 0.717) is 22.9 Å². The molecule has 0 spiro atoms. The lowest BCUT2D eigenvalue weighted by atomic mass is 9.92. The fraction of sp³-hybridized carbons (Fsp3) is 0.560. The van der Waals surface area contributed by atoms with E-state index in [4.69, 9.17) is 11.6 Å². The van der Waals surface area contributed by atoms with Gasteiger partial charge in [0.25, 0.3) is 5.91 Å². The van der Waals surface area contributed by atoms with Crippen molar-refractivity contribution in [3.63, 3.8) is 0 Å². The van der Waals surface area contributed by atoms with E-state index in [2.05, 4.69) is 24.3 Å². The monoisotopic (exact) mass is 456 g/mol. The van der Waals surface area contributed by atoms with Gasteiger partial charge in [-0.25, -0.2) is 0 Å². The number of aromatic nitrogens is 2. The van der Waals surface area contributed by atoms with Gasteiger partial charge in [-0.2, -0.15) is 5.10 Å². The van der Waals surface area contributed by atoms with Crippen LogP contribution in [0.5, 0.6) is 0 Å². The zero-order valence-corrected chi connectivity index (χ0v) is 20.2. The summed E-state index contributed by atoms with van der Waals surface area (Å²) in [4.78, 5) is 29.3. The molecule has 2 heterocycles. The molecule has 7 heteroatoms. The molecule has 0 bridgehead atoms. The standard InChI is InChI=1S/C25H33ClN4O2/c1-16(2)20-14-22-23(31)30(21-13-18(26)12-11-17(21)3)25(4,15-29(22)28-20)24(32)27-19-9-7-5-6-8-10-19/h11-14,16,19H,5-10,15H2,1-4H3,(H,27,32). The van der Waals surface area contributed by atoms with Crippen LogP contribution in [0.25, 0.3) is 0 Å². The lowest BCUT2D eigenvalue weighted by Gasteiger charge is -2.44. The Morgan fingerprint density at radius 3 is 2.53 bits per heavy atom. The first-order valence-electron chi connectivity index (χ1n) is 11.7. The summed E-state index contributed by atoms with van der Waals surface area (Å²) >= 11 is 6.32. The number of carbonyl (C=O) groups excluding carboxylic acids is 2. The van der Waals surface area contributed by atoms with Gasteiger partial charge in [-0.1, -0.05) is 57.2 Å². The maximum absolute atomic E-state index is 13.8. The van der Waals surface area contributed by atoms with Gasteiger partial charge in [0.15, 0.2) is 0 Å². The van der Waals surface area contributed by atoms with Gasteiger partial charge in [0.05, 0.1) is 12.2 Å². The van der Waals surface area contributed by atoms with Crippen molar-refractivity contribution >= 4 is 29.1 Å². The van der Waals surface area contributed by atoms with Crippen LogP contribution in [-0.4, -0.2) is 33.2 Å². The number of benzene rings is 1. The molecule has 1 aliphatic carbocycles. The number of carbonyl (C=O) groups is 2. The Morgan fingerprint density at radius 2 is 1.88 bits per heavy atom. The molecule has 1 N–H and O–H groups in total. The third kappa shape index (κ3) is 4.17. The lowest BCUT2D eigenvalue weighted by Crippen LogP contribution is -2.65. The predicted octanol–water partition coefficient (Wildman–Crippen LogP) is 5.23. The van der Waals surface area contributed by atoms with E-state index in [-0.39, 0.29) is 23.8 Å². The third-order valence-corrected chi connectivity index (χ3v) is 7.09. The van der Waals surface area contributed by atoms with E-state index in [1.807, 2.05) is 26.0 Å². The van der Waals surface area contributed by atoms with Gasteiger partial charge in [0.2, 0.25) is 5.91 Å². The van der Waals surface area contributed by atoms with Crippen LogP contribution >= 0.6 is 11.6 Å². The molecule has 1 aliphatic heterocycles. The first-order chi connectivity index (χ1) is 15.2. The number of fused-ring (bicyclic) bond motifs is 1. The van der Waals surface area contributed by atoms with Crippen LogP contribution in [-0.2, 0) is 11.3 Å². The second kappa shape index (κ2) is 8.89. The van der Waals surface area contributed by atoms with Crippen molar-refractivity contribution in [2.45, 2.75) is 90.3 Å². The Kier molecular flexibility index (Phi) is 6.35. The summed E-state index contributed by atoms with van der Waals surface area (Å²) in [5.74, 6) is -0.169. The van der Waals surface area contributed by atoms with E-state index in [0.717, 1.165) is 36.9 Å². The summed E-state index contributed by atoms with van der Waals surface area (Å²) in [6.07, 6.45) is 6.64. The maximum Gasteiger partial charge on any atom is 0.277 e. The molecule has 0 radical (unpaired) electrons. The summed E-state index contributed by atoms with van der Waals surface area (Å²) < 4.78 is 1.71. The fourth-order valence-corrected chi connectivity index (χ4v) is 5.02. The van der Waals surface area contributed by atoms with Gasteiger partial charge in [0, 0.05) is 16.8 Å². The van der Waals surface area contributed by atoms with Crippen molar-refractivity contribution in [1.82, 2.24) is 15.1 Å². The van der Waals surface area contributed by atoms with E-state index in [1.165, 1.54) is 12.8 Å². The number of rotatable bonds is 4. The quantitative estimate of drug-likeness (QED) is 0.641. The second-order valence-corrected chi connectivity index (χ2v) is 10.2. The lowest BCUT2D eigenvalue weighted by molar-refractivity contribution is -0.127. The highest BCUT2D eigenvalue weighted by Crippen LogP contribution is 2.36. The number of amides is 2. The van der Waals surface area contributed by atoms with Crippen LogP contribution in [0.2, 0.25) is 5.02 Å². The SMILES string of the molecule is Cc1ccc(Cl)cc1N1C(=O)c2cc(C(C)C)nn2CC1(C)C(=O)NC1CCCCCC1. The first kappa shape index (κ1) is 22.8. The normalized spacial score (nSPS) is 22.1. The molecule has 172 valence electrons. The number of nitrogens with one attached hydrogen (secondary N) is 1. The number of hydrogen-bond donors (Lipinski definition) is 1. The van der Waals surface area contributed by atoms with Crippen LogP contribution in [0.4, 0.5) is 5.69 Å². The zero-order valence-electron chi connectivity index (χ0n) is 19.4. The van der Waals surface area contributed by atoms with Crippen LogP contribution in [0.1, 0.15) is 87.0 Å². The van der Waals surface area contributed by atoms with Crippen LogP contribution in [0.15, 0.2) is 24.3 Å². The molecule has 1 saturated carbocycles. The number of hydrogen-bond acceptors (Lipinski definition) is 3. The summed E-state index contributed by atoms with van der Waals surface area (Å²) in [6, 6.07) is 7.47. The van der Waals surface area contributed by atoms with Crippen molar-refractivity contribution in [2.24, 2.45) is 0 Å². The largest absolute Gasteiger partial charge is 0.351 e. The van der Waals surface area contributed by atoms with E-state index < -0.39 is 5.54 Å². The van der Waals surface area contributed by atoms with Crippen LogP contribution in [0, 0.1) is 6.92 Å². The van der Waals surface area contributed by atoms with Gasteiger partial charge in [0.1, 0.15) is 11.2 Å². The molecule has 1 unspecified atom stereocenters. The molecule has 1 atom stereocenters. The van der Waals surface area contributed by atoms with Gasteiger partial charge in [-0.15, -0.1) is 0 Å². The van der Waals surface area contributed by atoms with Gasteiger partial charge < -0.3 is 5.32 Å². The summed E-state index contributed by atoms with van der Waals surface area (Å²) in [6.45, 7) is 8.18. The zero-order chi connectivity index (χ0) is 23.0. The Morgan fingerprint density at radius 1 is 1.19 bits per heavy atom. The molecule has 6 nitrogen and oxygen atoms in total. The number of anilines is 1. The van der Waals surface area contributed by atoms with Crippen molar-refractivity contribution in [2.75, 3.05) is 4.90 Å². The molecule has 2 aliphatic rings. The van der Waals surface area contributed by atoms with Crippen LogP contribution in [0.3, 0.4) is 0 Å². The summed E-state index contributed by atoms with van der Waals surface area (Å²) in [5.41, 5.74) is 1.80. The molecule has 2 aromatic rings. The first-order valence-corrected chi connectivity index (χ1v) is 12.1. The molecule has 0 saturated heterocycles. The van der Waals surface area contributed by atoms with Gasteiger partial charge >= 0.3 is 0 Å². The number of nitrogens with zero attached hydrogens (tertiary/aromatic N) is 3. The molecule has 1 aromatic carbocycles. The minimum atomic E-state index is -1.12. The maximum atomic E-state index is 13.8. The Bertz CT molecular complexity index is 1020. The average Bonchev–Trinajstić information content (AvgIpc) is 3.00. The molecule has 1 fully saturated rings. The molecule has 4 rings (SSSR count). The Hall–Kier alpha value is -2.34. The molecular weight excluding hydrogens is 424 g/mol. The van der Waals surface area contributed by atoms with Gasteiger partial charge in [-0.05, 0) is 56.4 Å². The summed E-state index contributed by atoms with van der Waals surface area (Å²) in [5, 5.41) is 8.48. The fourth-order valence-electron chi connectivity index (χ4n) is 4.85. The molecule has 1 aromatic heterocycles. The Balaban J connectivity index is 1.77. The molecular formula is C25H33ClN4O2. The number of aryl methyl sites for hydroxylation is 1. The van der Waals surface area contributed by atoms with Crippen LogP contribution < -0.4 is 10.2 Å². The molecule has 32 heavy (non-hydrogen) atoms. The summed E-state index contributed by atoms with van der Waals surface area (Å²) in [7, 11) is 0. The highest BCUT2D eigenvalue weighted by molar-refractivity contribution is 6.31.